The first kappa shape index (κ1) is 10.8. The molecular weight excluding hydrogens is 262 g/mol. The van der Waals surface area contributed by atoms with Crippen LogP contribution < -0.4 is 20.1 Å². The summed E-state index contributed by atoms with van der Waals surface area (Å²) in [5, 5.41) is 2.75. The molecule has 0 radical (unpaired) electrons. The molecule has 2 unspecified atom stereocenters. The molecule has 0 N–H and O–H groups in total. The van der Waals surface area contributed by atoms with Gasteiger partial charge in [-0.3, -0.25) is 0 Å². The zero-order valence-corrected chi connectivity index (χ0v) is 11.7. The highest BCUT2D eigenvalue weighted by Crippen LogP contribution is 2.38. The fourth-order valence-corrected chi connectivity index (χ4v) is 4.71. The molecule has 0 amide bonds. The van der Waals surface area contributed by atoms with Crippen molar-refractivity contribution in [2.24, 2.45) is 0 Å². The summed E-state index contributed by atoms with van der Waals surface area (Å²) in [5.41, 5.74) is 2.66. The molecule has 18 heavy (non-hydrogen) atoms. The third-order valence-electron chi connectivity index (χ3n) is 3.30. The van der Waals surface area contributed by atoms with Gasteiger partial charge in [-0.2, -0.15) is 0 Å². The van der Waals surface area contributed by atoms with Crippen LogP contribution in [0, 0.1) is 0 Å². The zero-order chi connectivity index (χ0) is 11.9. The van der Waals surface area contributed by atoms with Gasteiger partial charge < -0.3 is 9.47 Å². The second kappa shape index (κ2) is 4.23. The van der Waals surface area contributed by atoms with E-state index in [1.165, 1.54) is 21.7 Å². The molecule has 2 aliphatic heterocycles. The van der Waals surface area contributed by atoms with Crippen molar-refractivity contribution in [3.8, 4) is 22.6 Å². The van der Waals surface area contributed by atoms with Crippen molar-refractivity contribution >= 4 is 27.8 Å². The molecule has 2 heterocycles. The summed E-state index contributed by atoms with van der Waals surface area (Å²) in [6.07, 6.45) is 1.67. The standard InChI is InChI=1S/C14H12O2P2/c1-3-9(13-11(5-1)15-7-17-13)10-4-2-6-12-14(10)18-8-16-12/h1-6,17-18H,7-8H2. The molecule has 2 atom stereocenters. The van der Waals surface area contributed by atoms with Crippen molar-refractivity contribution in [1.82, 2.24) is 0 Å². The van der Waals surface area contributed by atoms with Gasteiger partial charge in [-0.15, -0.1) is 0 Å². The van der Waals surface area contributed by atoms with Crippen molar-refractivity contribution in [3.05, 3.63) is 36.4 Å². The summed E-state index contributed by atoms with van der Waals surface area (Å²) >= 11 is 0. The molecule has 4 heteroatoms. The summed E-state index contributed by atoms with van der Waals surface area (Å²) in [5.74, 6) is 2.12. The normalized spacial score (nSPS) is 18.4. The zero-order valence-electron chi connectivity index (χ0n) is 9.69. The molecule has 0 bridgehead atoms. The molecule has 0 fully saturated rings. The van der Waals surface area contributed by atoms with Gasteiger partial charge in [0, 0.05) is 10.6 Å². The first-order valence-electron chi connectivity index (χ1n) is 5.93. The SMILES string of the molecule is c1cc2c(c(-c3cccc4c3PCO4)c1)PCO2. The Morgan fingerprint density at radius 2 is 1.22 bits per heavy atom. The van der Waals surface area contributed by atoms with E-state index in [2.05, 4.69) is 36.4 Å². The first-order valence-corrected chi connectivity index (χ1v) is 8.34. The topological polar surface area (TPSA) is 18.5 Å². The highest BCUT2D eigenvalue weighted by atomic mass is 31.1. The number of hydrogen-bond acceptors (Lipinski definition) is 2. The average molecular weight is 274 g/mol. The minimum atomic E-state index is 0.759. The van der Waals surface area contributed by atoms with E-state index in [0.717, 1.165) is 41.4 Å². The van der Waals surface area contributed by atoms with Crippen molar-refractivity contribution in [2.75, 3.05) is 12.7 Å². The summed E-state index contributed by atoms with van der Waals surface area (Å²) in [6.45, 7) is 0. The molecule has 0 saturated heterocycles. The molecule has 4 rings (SSSR count). The average Bonchev–Trinajstić information content (AvgIpc) is 3.06. The third kappa shape index (κ3) is 1.56. The van der Waals surface area contributed by atoms with Gasteiger partial charge >= 0.3 is 0 Å². The maximum atomic E-state index is 5.66. The lowest BCUT2D eigenvalue weighted by molar-refractivity contribution is 0.403. The van der Waals surface area contributed by atoms with Gasteiger partial charge in [0.05, 0.1) is 0 Å². The van der Waals surface area contributed by atoms with Crippen LogP contribution in [0.3, 0.4) is 0 Å². The number of benzene rings is 2. The van der Waals surface area contributed by atoms with Crippen LogP contribution in [0.2, 0.25) is 0 Å². The molecular formula is C14H12O2P2. The van der Waals surface area contributed by atoms with E-state index in [-0.39, 0.29) is 0 Å². The van der Waals surface area contributed by atoms with E-state index in [1.807, 2.05) is 0 Å². The van der Waals surface area contributed by atoms with E-state index >= 15 is 0 Å². The minimum Gasteiger partial charge on any atom is -0.488 e. The van der Waals surface area contributed by atoms with Crippen LogP contribution in [0.25, 0.3) is 11.1 Å². The lowest BCUT2D eigenvalue weighted by atomic mass is 10.0. The Labute approximate surface area is 109 Å². The smallest absolute Gasteiger partial charge is 0.127 e. The van der Waals surface area contributed by atoms with Crippen LogP contribution in [0.1, 0.15) is 0 Å². The maximum Gasteiger partial charge on any atom is 0.127 e. The van der Waals surface area contributed by atoms with Crippen LogP contribution >= 0.6 is 17.2 Å². The van der Waals surface area contributed by atoms with Crippen LogP contribution in [0.4, 0.5) is 0 Å². The lowest BCUT2D eigenvalue weighted by Crippen LogP contribution is -2.05. The molecule has 90 valence electrons. The van der Waals surface area contributed by atoms with E-state index < -0.39 is 0 Å². The Kier molecular flexibility index (Phi) is 2.53. The number of ether oxygens (including phenoxy) is 2. The van der Waals surface area contributed by atoms with E-state index in [0.29, 0.717) is 0 Å². The Bertz CT molecular complexity index is 570. The molecule has 2 aliphatic rings. The van der Waals surface area contributed by atoms with Crippen LogP contribution in [-0.4, -0.2) is 12.7 Å². The van der Waals surface area contributed by atoms with E-state index in [1.54, 1.807) is 0 Å². The summed E-state index contributed by atoms with van der Waals surface area (Å²) in [6, 6.07) is 12.7. The number of fused-ring (bicyclic) bond motifs is 2. The quantitative estimate of drug-likeness (QED) is 0.744. The first-order chi connectivity index (χ1) is 8.93. The number of hydrogen-bond donors (Lipinski definition) is 0. The van der Waals surface area contributed by atoms with Gasteiger partial charge in [0.1, 0.15) is 24.2 Å². The highest BCUT2D eigenvalue weighted by molar-refractivity contribution is 7.49. The Morgan fingerprint density at radius 3 is 1.72 bits per heavy atom. The molecule has 0 aliphatic carbocycles. The van der Waals surface area contributed by atoms with Crippen molar-refractivity contribution in [3.63, 3.8) is 0 Å². The predicted molar refractivity (Wildman–Crippen MR) is 78.8 cm³/mol. The minimum absolute atomic E-state index is 0.759. The molecule has 0 aromatic heterocycles. The third-order valence-corrected chi connectivity index (χ3v) is 5.61. The largest absolute Gasteiger partial charge is 0.488 e. The monoisotopic (exact) mass is 274 g/mol. The number of rotatable bonds is 1. The molecule has 0 spiro atoms. The molecule has 2 aromatic rings. The van der Waals surface area contributed by atoms with Crippen molar-refractivity contribution < 1.29 is 9.47 Å². The highest BCUT2D eigenvalue weighted by Gasteiger charge is 2.21. The van der Waals surface area contributed by atoms with Crippen molar-refractivity contribution in [2.45, 2.75) is 0 Å². The van der Waals surface area contributed by atoms with Crippen LogP contribution in [-0.2, 0) is 0 Å². The summed E-state index contributed by atoms with van der Waals surface area (Å²) < 4.78 is 11.3. The maximum absolute atomic E-state index is 5.66. The fraction of sp³-hybridized carbons (Fsp3) is 0.143. The second-order valence-corrected chi connectivity index (χ2v) is 6.57. The van der Waals surface area contributed by atoms with Crippen LogP contribution in [0.5, 0.6) is 11.5 Å². The molecule has 0 saturated carbocycles. The Balaban J connectivity index is 1.95. The predicted octanol–water partition coefficient (Wildman–Crippen LogP) is 2.66. The second-order valence-electron chi connectivity index (χ2n) is 4.29. The Hall–Kier alpha value is -1.10. The molecule has 2 aromatic carbocycles. The van der Waals surface area contributed by atoms with Crippen LogP contribution in [0.15, 0.2) is 36.4 Å². The van der Waals surface area contributed by atoms with E-state index in [9.17, 15) is 0 Å². The fourth-order valence-electron chi connectivity index (χ4n) is 2.49. The van der Waals surface area contributed by atoms with Gasteiger partial charge in [0.25, 0.3) is 0 Å². The molecule has 2 nitrogen and oxygen atoms in total. The van der Waals surface area contributed by atoms with Gasteiger partial charge in [-0.1, -0.05) is 24.3 Å². The van der Waals surface area contributed by atoms with Gasteiger partial charge in [-0.05, 0) is 40.4 Å². The van der Waals surface area contributed by atoms with Crippen molar-refractivity contribution in [1.29, 1.82) is 0 Å². The van der Waals surface area contributed by atoms with Gasteiger partial charge in [-0.25, -0.2) is 0 Å². The summed E-state index contributed by atoms with van der Waals surface area (Å²) in [7, 11) is 1.52. The van der Waals surface area contributed by atoms with E-state index in [4.69, 9.17) is 9.47 Å². The van der Waals surface area contributed by atoms with Gasteiger partial charge in [0.2, 0.25) is 0 Å². The Morgan fingerprint density at radius 1 is 0.722 bits per heavy atom. The summed E-state index contributed by atoms with van der Waals surface area (Å²) in [4.78, 5) is 0. The van der Waals surface area contributed by atoms with Gasteiger partial charge in [0.15, 0.2) is 0 Å². The lowest BCUT2D eigenvalue weighted by Gasteiger charge is -2.10.